The van der Waals surface area contributed by atoms with Crippen LogP contribution in [-0.2, 0) is 16.0 Å². The Morgan fingerprint density at radius 1 is 1.22 bits per heavy atom. The molecule has 0 radical (unpaired) electrons. The second-order valence-corrected chi connectivity index (χ2v) is 6.89. The fourth-order valence-corrected chi connectivity index (χ4v) is 2.64. The number of carboxylic acid groups (broad SMARTS) is 1. The molecule has 1 heterocycles. The highest BCUT2D eigenvalue weighted by Crippen LogP contribution is 2.20. The summed E-state index contributed by atoms with van der Waals surface area (Å²) < 4.78 is 5.21. The summed E-state index contributed by atoms with van der Waals surface area (Å²) in [6, 6.07) is 7.11. The normalized spacial score (nSPS) is 12.1. The van der Waals surface area contributed by atoms with E-state index in [0.29, 0.717) is 24.1 Å². The number of aromatic nitrogens is 2. The van der Waals surface area contributed by atoms with Gasteiger partial charge >= 0.3 is 5.97 Å². The van der Waals surface area contributed by atoms with Crippen LogP contribution < -0.4 is 5.32 Å². The Balaban J connectivity index is 1.89. The summed E-state index contributed by atoms with van der Waals surface area (Å²) in [4.78, 5) is 27.5. The van der Waals surface area contributed by atoms with Gasteiger partial charge < -0.3 is 14.9 Å². The topological polar surface area (TPSA) is 105 Å². The van der Waals surface area contributed by atoms with E-state index in [4.69, 9.17) is 9.63 Å². The van der Waals surface area contributed by atoms with Crippen molar-refractivity contribution in [3.63, 3.8) is 0 Å². The van der Waals surface area contributed by atoms with Crippen LogP contribution in [0.4, 0.5) is 0 Å². The molecule has 7 nitrogen and oxygen atoms in total. The summed E-state index contributed by atoms with van der Waals surface area (Å²) >= 11 is 0. The monoisotopic (exact) mass is 373 g/mol. The van der Waals surface area contributed by atoms with Crippen LogP contribution in [0.15, 0.2) is 28.8 Å². The SMILES string of the molecule is CCCCC(NC(=O)CCc1nc(-c2ccc(C(C)C)cc2)no1)C(=O)O. The van der Waals surface area contributed by atoms with Crippen LogP contribution in [0.25, 0.3) is 11.4 Å². The number of benzene rings is 1. The Kier molecular flexibility index (Phi) is 7.52. The molecule has 0 aliphatic rings. The first-order valence-electron chi connectivity index (χ1n) is 9.35. The first kappa shape index (κ1) is 20.6. The van der Waals surface area contributed by atoms with Gasteiger partial charge in [0.1, 0.15) is 6.04 Å². The van der Waals surface area contributed by atoms with Crippen molar-refractivity contribution in [2.75, 3.05) is 0 Å². The molecule has 1 amide bonds. The average molecular weight is 373 g/mol. The van der Waals surface area contributed by atoms with E-state index in [1.165, 1.54) is 5.56 Å². The molecule has 0 bridgehead atoms. The summed E-state index contributed by atoms with van der Waals surface area (Å²) in [7, 11) is 0. The first-order valence-corrected chi connectivity index (χ1v) is 9.35. The van der Waals surface area contributed by atoms with E-state index in [2.05, 4.69) is 29.3 Å². The molecule has 0 fully saturated rings. The highest BCUT2D eigenvalue weighted by atomic mass is 16.5. The molecule has 1 aromatic heterocycles. The molecule has 27 heavy (non-hydrogen) atoms. The van der Waals surface area contributed by atoms with Crippen molar-refractivity contribution in [3.05, 3.63) is 35.7 Å². The Hall–Kier alpha value is -2.70. The highest BCUT2D eigenvalue weighted by Gasteiger charge is 2.19. The number of amides is 1. The Labute approximate surface area is 159 Å². The molecule has 1 atom stereocenters. The predicted octanol–water partition coefficient (Wildman–Crippen LogP) is 3.55. The number of carbonyl (C=O) groups is 2. The molecular weight excluding hydrogens is 346 g/mol. The van der Waals surface area contributed by atoms with Gasteiger partial charge in [-0.05, 0) is 17.9 Å². The third-order valence-corrected chi connectivity index (χ3v) is 4.35. The lowest BCUT2D eigenvalue weighted by molar-refractivity contribution is -0.142. The molecule has 0 aliphatic heterocycles. The van der Waals surface area contributed by atoms with Crippen LogP contribution in [0.3, 0.4) is 0 Å². The molecule has 146 valence electrons. The molecule has 0 saturated carbocycles. The maximum Gasteiger partial charge on any atom is 0.326 e. The molecule has 1 unspecified atom stereocenters. The minimum atomic E-state index is -1.01. The molecule has 0 spiro atoms. The summed E-state index contributed by atoms with van der Waals surface area (Å²) in [6.45, 7) is 6.23. The zero-order valence-electron chi connectivity index (χ0n) is 16.1. The Bertz CT molecular complexity index is 753. The number of hydrogen-bond donors (Lipinski definition) is 2. The molecule has 2 aromatic rings. The van der Waals surface area contributed by atoms with Crippen LogP contribution >= 0.6 is 0 Å². The summed E-state index contributed by atoms with van der Waals surface area (Å²) in [6.07, 6.45) is 2.42. The first-order chi connectivity index (χ1) is 12.9. The zero-order valence-corrected chi connectivity index (χ0v) is 16.1. The van der Waals surface area contributed by atoms with Crippen LogP contribution in [0.2, 0.25) is 0 Å². The quantitative estimate of drug-likeness (QED) is 0.660. The van der Waals surface area contributed by atoms with E-state index in [1.54, 1.807) is 0 Å². The smallest absolute Gasteiger partial charge is 0.326 e. The van der Waals surface area contributed by atoms with E-state index in [-0.39, 0.29) is 18.7 Å². The van der Waals surface area contributed by atoms with Gasteiger partial charge in [0.05, 0.1) is 0 Å². The van der Waals surface area contributed by atoms with E-state index in [1.807, 2.05) is 31.2 Å². The third kappa shape index (κ3) is 6.20. The maximum absolute atomic E-state index is 12.0. The maximum atomic E-state index is 12.0. The molecule has 0 saturated heterocycles. The second kappa shape index (κ2) is 9.85. The van der Waals surface area contributed by atoms with E-state index < -0.39 is 12.0 Å². The summed E-state index contributed by atoms with van der Waals surface area (Å²) in [5.74, 6) is -0.0628. The van der Waals surface area contributed by atoms with Crippen molar-refractivity contribution >= 4 is 11.9 Å². The molecule has 2 N–H and O–H groups in total. The number of hydrogen-bond acceptors (Lipinski definition) is 5. The lowest BCUT2D eigenvalue weighted by Crippen LogP contribution is -2.40. The average Bonchev–Trinajstić information content (AvgIpc) is 3.12. The van der Waals surface area contributed by atoms with Gasteiger partial charge in [-0.1, -0.05) is 63.0 Å². The van der Waals surface area contributed by atoms with Crippen molar-refractivity contribution in [1.82, 2.24) is 15.5 Å². The Morgan fingerprint density at radius 2 is 1.93 bits per heavy atom. The third-order valence-electron chi connectivity index (χ3n) is 4.35. The van der Waals surface area contributed by atoms with Gasteiger partial charge in [-0.2, -0.15) is 4.98 Å². The molecule has 7 heteroatoms. The van der Waals surface area contributed by atoms with Crippen molar-refractivity contribution in [1.29, 1.82) is 0 Å². The standard InChI is InChI=1S/C20H27N3O4/c1-4-5-6-16(20(25)26)21-17(24)11-12-18-22-19(23-27-18)15-9-7-14(8-10-15)13(2)3/h7-10,13,16H,4-6,11-12H2,1-3H3,(H,21,24)(H,25,26). The van der Waals surface area contributed by atoms with Crippen molar-refractivity contribution < 1.29 is 19.2 Å². The van der Waals surface area contributed by atoms with Crippen molar-refractivity contribution in [2.45, 2.75) is 64.8 Å². The van der Waals surface area contributed by atoms with Gasteiger partial charge in [0.15, 0.2) is 0 Å². The number of nitrogens with one attached hydrogen (secondary N) is 1. The van der Waals surface area contributed by atoms with Gasteiger partial charge in [0.2, 0.25) is 17.6 Å². The number of carboxylic acids is 1. The van der Waals surface area contributed by atoms with Crippen LogP contribution in [0, 0.1) is 0 Å². The zero-order chi connectivity index (χ0) is 19.8. The predicted molar refractivity (Wildman–Crippen MR) is 101 cm³/mol. The summed E-state index contributed by atoms with van der Waals surface area (Å²) in [5, 5.41) is 15.7. The van der Waals surface area contributed by atoms with Crippen LogP contribution in [0.1, 0.15) is 63.8 Å². The van der Waals surface area contributed by atoms with Crippen LogP contribution in [0.5, 0.6) is 0 Å². The minimum absolute atomic E-state index is 0.101. The lowest BCUT2D eigenvalue weighted by atomic mass is 10.0. The van der Waals surface area contributed by atoms with E-state index >= 15 is 0 Å². The largest absolute Gasteiger partial charge is 0.480 e. The van der Waals surface area contributed by atoms with E-state index in [0.717, 1.165) is 18.4 Å². The number of aryl methyl sites for hydroxylation is 1. The van der Waals surface area contributed by atoms with Gasteiger partial charge in [-0.15, -0.1) is 0 Å². The highest BCUT2D eigenvalue weighted by molar-refractivity contribution is 5.83. The molecule has 0 aliphatic carbocycles. The number of nitrogens with zero attached hydrogens (tertiary/aromatic N) is 2. The lowest BCUT2D eigenvalue weighted by Gasteiger charge is -2.13. The molecular formula is C20H27N3O4. The fourth-order valence-electron chi connectivity index (χ4n) is 2.64. The Morgan fingerprint density at radius 3 is 2.52 bits per heavy atom. The van der Waals surface area contributed by atoms with Crippen LogP contribution in [-0.4, -0.2) is 33.2 Å². The van der Waals surface area contributed by atoms with Crippen molar-refractivity contribution in [2.24, 2.45) is 0 Å². The van der Waals surface area contributed by atoms with Crippen molar-refractivity contribution in [3.8, 4) is 11.4 Å². The second-order valence-electron chi connectivity index (χ2n) is 6.89. The van der Waals surface area contributed by atoms with Gasteiger partial charge in [0, 0.05) is 18.4 Å². The van der Waals surface area contributed by atoms with Gasteiger partial charge in [-0.3, -0.25) is 4.79 Å². The fraction of sp³-hybridized carbons (Fsp3) is 0.500. The number of carbonyl (C=O) groups excluding carboxylic acids is 1. The van der Waals surface area contributed by atoms with Gasteiger partial charge in [-0.25, -0.2) is 4.79 Å². The minimum Gasteiger partial charge on any atom is -0.480 e. The number of aliphatic carboxylic acids is 1. The number of rotatable bonds is 10. The van der Waals surface area contributed by atoms with Gasteiger partial charge in [0.25, 0.3) is 0 Å². The van der Waals surface area contributed by atoms with E-state index in [9.17, 15) is 9.59 Å². The molecule has 2 rings (SSSR count). The summed E-state index contributed by atoms with van der Waals surface area (Å²) in [5.41, 5.74) is 2.08. The molecule has 1 aromatic carbocycles. The number of unbranched alkanes of at least 4 members (excludes halogenated alkanes) is 1.